The van der Waals surface area contributed by atoms with E-state index in [1.54, 1.807) is 0 Å². The van der Waals surface area contributed by atoms with Crippen LogP contribution in [-0.2, 0) is 28.7 Å². The zero-order chi connectivity index (χ0) is 40.6. The molecule has 2 saturated carbocycles. The van der Waals surface area contributed by atoms with Crippen molar-refractivity contribution in [2.24, 2.45) is 46.3 Å². The Labute approximate surface area is 331 Å². The lowest BCUT2D eigenvalue weighted by Crippen LogP contribution is -2.56. The van der Waals surface area contributed by atoms with E-state index in [-0.39, 0.29) is 23.8 Å². The van der Waals surface area contributed by atoms with Crippen molar-refractivity contribution in [2.45, 2.75) is 209 Å². The van der Waals surface area contributed by atoms with Gasteiger partial charge in [-0.25, -0.2) is 0 Å². The van der Waals surface area contributed by atoms with E-state index in [1.165, 1.54) is 0 Å². The zero-order valence-corrected chi connectivity index (χ0v) is 36.2. The van der Waals surface area contributed by atoms with E-state index in [9.17, 15) is 29.4 Å². The molecule has 6 unspecified atom stereocenters. The van der Waals surface area contributed by atoms with E-state index in [2.05, 4.69) is 55.4 Å². The molecule has 0 aliphatic heterocycles. The lowest BCUT2D eigenvalue weighted by molar-refractivity contribution is -0.185. The third-order valence-corrected chi connectivity index (χ3v) is 12.8. The third-order valence-electron chi connectivity index (χ3n) is 12.8. The molecule has 0 aromatic heterocycles. The highest BCUT2D eigenvalue weighted by molar-refractivity contribution is 5.87. The highest BCUT2D eigenvalue weighted by Gasteiger charge is 2.62. The predicted molar refractivity (Wildman–Crippen MR) is 219 cm³/mol. The van der Waals surface area contributed by atoms with Gasteiger partial charge in [-0.15, -0.1) is 0 Å². The van der Waals surface area contributed by atoms with Crippen molar-refractivity contribution in [2.75, 3.05) is 13.2 Å². The Morgan fingerprint density at radius 1 is 0.556 bits per heavy atom. The molecule has 0 amide bonds. The quantitative estimate of drug-likeness (QED) is 0.0658. The van der Waals surface area contributed by atoms with Gasteiger partial charge in [0.25, 0.3) is 0 Å². The number of hydrogen-bond donors (Lipinski definition) is 2. The largest absolute Gasteiger partial charge is 0.481 e. The van der Waals surface area contributed by atoms with Gasteiger partial charge in [-0.2, -0.15) is 0 Å². The molecular formula is C46H84O8. The summed E-state index contributed by atoms with van der Waals surface area (Å²) in [7, 11) is 0. The van der Waals surface area contributed by atoms with Crippen molar-refractivity contribution in [1.29, 1.82) is 0 Å². The first-order chi connectivity index (χ1) is 25.7. The highest BCUT2D eigenvalue weighted by Crippen LogP contribution is 2.59. The molecule has 0 saturated heterocycles. The second kappa shape index (κ2) is 27.5. The number of rotatable bonds is 26. The second-order valence-electron chi connectivity index (χ2n) is 17.8. The summed E-state index contributed by atoms with van der Waals surface area (Å²) in [6.45, 7) is 18.3. The summed E-state index contributed by atoms with van der Waals surface area (Å²) in [6, 6.07) is 0. The zero-order valence-electron chi connectivity index (χ0n) is 36.2. The van der Waals surface area contributed by atoms with Crippen LogP contribution in [0.25, 0.3) is 0 Å². The summed E-state index contributed by atoms with van der Waals surface area (Å²) >= 11 is 0. The summed E-state index contributed by atoms with van der Waals surface area (Å²) in [5.74, 6) is -0.787. The molecule has 6 atom stereocenters. The number of carbonyl (C=O) groups is 4. The molecule has 316 valence electrons. The van der Waals surface area contributed by atoms with Crippen LogP contribution in [0.2, 0.25) is 0 Å². The maximum atomic E-state index is 12.7. The average molecular weight is 765 g/mol. The molecule has 8 nitrogen and oxygen atoms in total. The van der Waals surface area contributed by atoms with E-state index in [0.29, 0.717) is 62.6 Å². The van der Waals surface area contributed by atoms with Gasteiger partial charge in [-0.1, -0.05) is 145 Å². The minimum atomic E-state index is -1.12. The molecule has 54 heavy (non-hydrogen) atoms. The van der Waals surface area contributed by atoms with Crippen LogP contribution in [0.4, 0.5) is 0 Å². The molecule has 2 aliphatic carbocycles. The summed E-state index contributed by atoms with van der Waals surface area (Å²) in [5.41, 5.74) is -2.24. The summed E-state index contributed by atoms with van der Waals surface area (Å²) < 4.78 is 10.9. The van der Waals surface area contributed by atoms with E-state index >= 15 is 0 Å². The van der Waals surface area contributed by atoms with Gasteiger partial charge >= 0.3 is 23.9 Å². The van der Waals surface area contributed by atoms with Crippen LogP contribution in [0.3, 0.4) is 0 Å². The van der Waals surface area contributed by atoms with Crippen molar-refractivity contribution < 1.29 is 38.9 Å². The molecule has 0 bridgehead atoms. The van der Waals surface area contributed by atoms with Gasteiger partial charge in [0.05, 0.1) is 35.9 Å². The fourth-order valence-corrected chi connectivity index (χ4v) is 9.16. The molecule has 0 aromatic rings. The fourth-order valence-electron chi connectivity index (χ4n) is 9.16. The Morgan fingerprint density at radius 2 is 0.926 bits per heavy atom. The van der Waals surface area contributed by atoms with Crippen LogP contribution in [0.1, 0.15) is 209 Å². The number of carbonyl (C=O) groups excluding carboxylic acids is 2. The molecule has 2 aliphatic rings. The standard InChI is InChI=1S/C24H44O4.C22H40O4/c1-5-9-13-19(7-3)17-23(21(25)26)15-11-12-16-24(23,22(27)28)18-20(8-4)14-10-6-2;1-17(2)11-7-9-15-25-21(23)19-13-5-6-14-20(19)22(24)26-16-10-8-12-18(3)4/h19-20H,5-18H2,1-4H3,(H,25,26)(H,27,28);17-20H,5-16H2,1-4H3. The SMILES string of the molecule is CC(C)CCCCOC(=O)C1CCCCC1C(=O)OCCCCC(C)C.CCCCC(CC)CC1(C(=O)O)CCCCC1(CC(CC)CCCC)C(=O)O. The number of carboxylic acids is 2. The first-order valence-electron chi connectivity index (χ1n) is 22.5. The fraction of sp³-hybridized carbons (Fsp3) is 0.913. The Kier molecular flexibility index (Phi) is 25.4. The molecule has 0 radical (unpaired) electrons. The summed E-state index contributed by atoms with van der Waals surface area (Å²) in [4.78, 5) is 50.3. The minimum Gasteiger partial charge on any atom is -0.481 e. The minimum absolute atomic E-state index is 0.198. The lowest BCUT2D eigenvalue weighted by atomic mass is 9.50. The highest BCUT2D eigenvalue weighted by atomic mass is 16.5. The first-order valence-corrected chi connectivity index (χ1v) is 22.5. The van der Waals surface area contributed by atoms with Crippen LogP contribution < -0.4 is 0 Å². The van der Waals surface area contributed by atoms with Crippen LogP contribution >= 0.6 is 0 Å². The summed E-state index contributed by atoms with van der Waals surface area (Å²) in [6.07, 6.45) is 21.7. The molecule has 0 heterocycles. The monoisotopic (exact) mass is 765 g/mol. The average Bonchev–Trinajstić information content (AvgIpc) is 3.14. The van der Waals surface area contributed by atoms with Crippen LogP contribution in [0, 0.1) is 46.3 Å². The van der Waals surface area contributed by atoms with Gasteiger partial charge in [-0.05, 0) is 87.9 Å². The summed E-state index contributed by atoms with van der Waals surface area (Å²) in [5, 5.41) is 20.9. The van der Waals surface area contributed by atoms with Crippen molar-refractivity contribution in [3.63, 3.8) is 0 Å². The van der Waals surface area contributed by atoms with E-state index in [0.717, 1.165) is 128 Å². The topological polar surface area (TPSA) is 127 Å². The van der Waals surface area contributed by atoms with Crippen LogP contribution in [0.5, 0.6) is 0 Å². The van der Waals surface area contributed by atoms with Crippen molar-refractivity contribution in [3.05, 3.63) is 0 Å². The molecule has 8 heteroatoms. The Balaban J connectivity index is 0.000000541. The number of carboxylic acid groups (broad SMARTS) is 2. The maximum absolute atomic E-state index is 12.7. The maximum Gasteiger partial charge on any atom is 0.310 e. The van der Waals surface area contributed by atoms with E-state index in [4.69, 9.17) is 9.47 Å². The van der Waals surface area contributed by atoms with Gasteiger partial charge in [0, 0.05) is 0 Å². The molecule has 2 fully saturated rings. The molecule has 0 spiro atoms. The Hall–Kier alpha value is -2.12. The molecule has 2 rings (SSSR count). The van der Waals surface area contributed by atoms with Crippen molar-refractivity contribution >= 4 is 23.9 Å². The smallest absolute Gasteiger partial charge is 0.310 e. The van der Waals surface area contributed by atoms with Gasteiger partial charge in [0.2, 0.25) is 0 Å². The van der Waals surface area contributed by atoms with E-state index < -0.39 is 22.8 Å². The second-order valence-corrected chi connectivity index (χ2v) is 17.8. The molecule has 0 aromatic carbocycles. The van der Waals surface area contributed by atoms with Gasteiger partial charge in [-0.3, -0.25) is 19.2 Å². The van der Waals surface area contributed by atoms with Gasteiger partial charge < -0.3 is 19.7 Å². The Morgan fingerprint density at radius 3 is 1.22 bits per heavy atom. The molecule has 2 N–H and O–H groups in total. The lowest BCUT2D eigenvalue weighted by Gasteiger charge is -2.51. The number of unbranched alkanes of at least 4 members (excludes halogenated alkanes) is 4. The van der Waals surface area contributed by atoms with Gasteiger partial charge in [0.15, 0.2) is 0 Å². The van der Waals surface area contributed by atoms with Crippen LogP contribution in [0.15, 0.2) is 0 Å². The van der Waals surface area contributed by atoms with Crippen molar-refractivity contribution in [3.8, 4) is 0 Å². The van der Waals surface area contributed by atoms with Crippen LogP contribution in [-0.4, -0.2) is 47.3 Å². The van der Waals surface area contributed by atoms with E-state index in [1.807, 2.05) is 0 Å². The number of hydrogen-bond acceptors (Lipinski definition) is 6. The predicted octanol–water partition coefficient (Wildman–Crippen LogP) is 12.4. The number of esters is 2. The third kappa shape index (κ3) is 16.5. The molecular weight excluding hydrogens is 680 g/mol. The number of aliphatic carboxylic acids is 2. The Bertz CT molecular complexity index is 973. The van der Waals surface area contributed by atoms with Crippen molar-refractivity contribution in [1.82, 2.24) is 0 Å². The number of ether oxygens (including phenoxy) is 2. The van der Waals surface area contributed by atoms with Gasteiger partial charge in [0.1, 0.15) is 0 Å². The first kappa shape index (κ1) is 49.9. The normalized spacial score (nSPS) is 24.0.